The van der Waals surface area contributed by atoms with Gasteiger partial charge in [0, 0.05) is 23.5 Å². The molecule has 0 spiro atoms. The Hall–Kier alpha value is -2.27. The van der Waals surface area contributed by atoms with E-state index in [-0.39, 0.29) is 0 Å². The molecule has 2 aromatic heterocycles. The molecule has 1 atom stereocenters. The van der Waals surface area contributed by atoms with Gasteiger partial charge in [-0.25, -0.2) is 9.97 Å². The SMILES string of the molecule is CSc1ncc2ccc3c(C(N)=O)n(CCNC(O)OC(C)(C)C)nc3c2n1. The first-order valence-electron chi connectivity index (χ1n) is 8.79. The van der Waals surface area contributed by atoms with E-state index < -0.39 is 17.9 Å². The largest absolute Gasteiger partial charge is 0.364 e. The van der Waals surface area contributed by atoms with Crippen molar-refractivity contribution >= 4 is 39.5 Å². The smallest absolute Gasteiger partial charge is 0.267 e. The quantitative estimate of drug-likeness (QED) is 0.307. The number of aromatic nitrogens is 4. The van der Waals surface area contributed by atoms with E-state index in [2.05, 4.69) is 20.4 Å². The number of aliphatic hydroxyl groups excluding tert-OH is 1. The van der Waals surface area contributed by atoms with E-state index in [4.69, 9.17) is 10.5 Å². The van der Waals surface area contributed by atoms with Crippen LogP contribution in [0, 0.1) is 0 Å². The third-order valence-corrected chi connectivity index (χ3v) is 4.52. The number of benzene rings is 1. The molecule has 2 heterocycles. The number of amides is 1. The number of carbonyl (C=O) groups excluding carboxylic acids is 1. The van der Waals surface area contributed by atoms with Gasteiger partial charge in [-0.3, -0.25) is 14.8 Å². The van der Waals surface area contributed by atoms with Crippen molar-refractivity contribution in [2.24, 2.45) is 5.73 Å². The molecule has 150 valence electrons. The molecule has 0 saturated heterocycles. The molecule has 3 aromatic rings. The van der Waals surface area contributed by atoms with Gasteiger partial charge in [-0.05, 0) is 33.1 Å². The van der Waals surface area contributed by atoms with Crippen LogP contribution in [0.5, 0.6) is 0 Å². The Bertz CT molecular complexity index is 1010. The maximum atomic E-state index is 12.1. The monoisotopic (exact) mass is 404 g/mol. The van der Waals surface area contributed by atoms with Crippen molar-refractivity contribution in [1.82, 2.24) is 25.1 Å². The van der Waals surface area contributed by atoms with Crippen LogP contribution in [0.2, 0.25) is 0 Å². The number of hydrogen-bond acceptors (Lipinski definition) is 8. The van der Waals surface area contributed by atoms with E-state index in [1.54, 1.807) is 12.3 Å². The molecule has 0 saturated carbocycles. The Morgan fingerprint density at radius 2 is 2.14 bits per heavy atom. The van der Waals surface area contributed by atoms with Crippen molar-refractivity contribution < 1.29 is 14.6 Å². The van der Waals surface area contributed by atoms with Gasteiger partial charge in [-0.2, -0.15) is 5.10 Å². The standard InChI is InChI=1S/C18H24N6O3S/c1-18(2,3)27-17(26)20-7-8-24-14(15(19)25)11-6-5-10-9-21-16(28-4)22-12(10)13(11)23-24/h5-6,9,17,20,26H,7-8H2,1-4H3,(H2,19,25). The van der Waals surface area contributed by atoms with Crippen LogP contribution in [0.1, 0.15) is 31.3 Å². The third kappa shape index (κ3) is 4.41. The number of rotatable bonds is 7. The van der Waals surface area contributed by atoms with E-state index in [9.17, 15) is 9.90 Å². The fourth-order valence-corrected chi connectivity index (χ4v) is 3.20. The molecule has 0 aliphatic rings. The fraction of sp³-hybridized carbons (Fsp3) is 0.444. The van der Waals surface area contributed by atoms with E-state index in [0.717, 1.165) is 5.39 Å². The zero-order valence-electron chi connectivity index (χ0n) is 16.3. The van der Waals surface area contributed by atoms with E-state index in [1.165, 1.54) is 16.4 Å². The van der Waals surface area contributed by atoms with Crippen LogP contribution in [0.4, 0.5) is 0 Å². The summed E-state index contributed by atoms with van der Waals surface area (Å²) in [6.45, 7) is 6.19. The number of nitrogens with zero attached hydrogens (tertiary/aromatic N) is 4. The Morgan fingerprint density at radius 3 is 2.79 bits per heavy atom. The van der Waals surface area contributed by atoms with Gasteiger partial charge in [0.1, 0.15) is 16.7 Å². The molecule has 1 unspecified atom stereocenters. The molecule has 28 heavy (non-hydrogen) atoms. The van der Waals surface area contributed by atoms with Crippen LogP contribution in [-0.2, 0) is 11.3 Å². The Labute approximate surface area is 166 Å². The lowest BCUT2D eigenvalue weighted by atomic mass is 10.1. The molecule has 0 bridgehead atoms. The van der Waals surface area contributed by atoms with Crippen LogP contribution in [-0.4, -0.2) is 55.6 Å². The summed E-state index contributed by atoms with van der Waals surface area (Å²) in [7, 11) is 0. The summed E-state index contributed by atoms with van der Waals surface area (Å²) >= 11 is 1.43. The number of ether oxygens (including phenoxy) is 1. The Kier molecular flexibility index (Phi) is 5.84. The van der Waals surface area contributed by atoms with Crippen molar-refractivity contribution in [2.75, 3.05) is 12.8 Å². The predicted molar refractivity (Wildman–Crippen MR) is 108 cm³/mol. The number of fused-ring (bicyclic) bond motifs is 3. The Balaban J connectivity index is 1.92. The summed E-state index contributed by atoms with van der Waals surface area (Å²) in [5.41, 5.74) is 6.68. The van der Waals surface area contributed by atoms with Gasteiger partial charge in [-0.15, -0.1) is 0 Å². The summed E-state index contributed by atoms with van der Waals surface area (Å²) in [6, 6.07) is 3.65. The highest BCUT2D eigenvalue weighted by Gasteiger charge is 2.20. The normalized spacial score (nSPS) is 13.3. The van der Waals surface area contributed by atoms with Gasteiger partial charge >= 0.3 is 0 Å². The zero-order valence-corrected chi connectivity index (χ0v) is 17.1. The molecule has 0 aliphatic heterocycles. The molecule has 3 rings (SSSR count). The molecule has 1 aromatic carbocycles. The van der Waals surface area contributed by atoms with Crippen LogP contribution in [0.25, 0.3) is 21.8 Å². The maximum absolute atomic E-state index is 12.1. The fourth-order valence-electron chi connectivity index (χ4n) is 2.86. The van der Waals surface area contributed by atoms with E-state index >= 15 is 0 Å². The van der Waals surface area contributed by atoms with Gasteiger partial charge in [0.05, 0.1) is 12.1 Å². The van der Waals surface area contributed by atoms with Crippen LogP contribution in [0.15, 0.2) is 23.5 Å². The molecular weight excluding hydrogens is 380 g/mol. The molecule has 10 heteroatoms. The average Bonchev–Trinajstić information content (AvgIpc) is 2.98. The molecule has 0 fully saturated rings. The van der Waals surface area contributed by atoms with Crippen molar-refractivity contribution in [3.8, 4) is 0 Å². The topological polar surface area (TPSA) is 128 Å². The van der Waals surface area contributed by atoms with Crippen molar-refractivity contribution in [2.45, 2.75) is 44.5 Å². The van der Waals surface area contributed by atoms with Gasteiger partial charge < -0.3 is 15.6 Å². The average molecular weight is 404 g/mol. The van der Waals surface area contributed by atoms with Crippen molar-refractivity contribution in [3.05, 3.63) is 24.0 Å². The van der Waals surface area contributed by atoms with E-state index in [0.29, 0.717) is 40.4 Å². The van der Waals surface area contributed by atoms with Crippen LogP contribution >= 0.6 is 11.8 Å². The lowest BCUT2D eigenvalue weighted by Gasteiger charge is -2.24. The first-order chi connectivity index (χ1) is 13.2. The second-order valence-electron chi connectivity index (χ2n) is 7.23. The lowest BCUT2D eigenvalue weighted by Crippen LogP contribution is -2.39. The minimum Gasteiger partial charge on any atom is -0.364 e. The number of aliphatic hydroxyl groups is 1. The number of carbonyl (C=O) groups is 1. The number of nitrogens with two attached hydrogens (primary N) is 1. The lowest BCUT2D eigenvalue weighted by molar-refractivity contribution is -0.181. The number of nitrogens with one attached hydrogen (secondary N) is 1. The van der Waals surface area contributed by atoms with Crippen molar-refractivity contribution in [1.29, 1.82) is 0 Å². The Morgan fingerprint density at radius 1 is 1.39 bits per heavy atom. The molecule has 0 radical (unpaired) electrons. The first-order valence-corrected chi connectivity index (χ1v) is 10.0. The highest BCUT2D eigenvalue weighted by Crippen LogP contribution is 2.26. The number of primary amides is 1. The summed E-state index contributed by atoms with van der Waals surface area (Å²) in [5.74, 6) is -0.576. The summed E-state index contributed by atoms with van der Waals surface area (Å²) < 4.78 is 6.93. The summed E-state index contributed by atoms with van der Waals surface area (Å²) in [5, 5.41) is 19.4. The van der Waals surface area contributed by atoms with Crippen LogP contribution < -0.4 is 11.1 Å². The van der Waals surface area contributed by atoms with Gasteiger partial charge in [-0.1, -0.05) is 17.8 Å². The predicted octanol–water partition coefficient (Wildman–Crippen LogP) is 1.48. The molecule has 9 nitrogen and oxygen atoms in total. The highest BCUT2D eigenvalue weighted by molar-refractivity contribution is 7.98. The molecular formula is C18H24N6O3S. The van der Waals surface area contributed by atoms with Crippen LogP contribution in [0.3, 0.4) is 0 Å². The number of hydrogen-bond donors (Lipinski definition) is 3. The second kappa shape index (κ2) is 8.00. The molecule has 4 N–H and O–H groups in total. The third-order valence-electron chi connectivity index (χ3n) is 3.96. The zero-order chi connectivity index (χ0) is 20.5. The minimum absolute atomic E-state index is 0.300. The van der Waals surface area contributed by atoms with E-state index in [1.807, 2.05) is 33.1 Å². The first kappa shape index (κ1) is 20.5. The highest BCUT2D eigenvalue weighted by atomic mass is 32.2. The second-order valence-corrected chi connectivity index (χ2v) is 8.00. The van der Waals surface area contributed by atoms with Crippen molar-refractivity contribution in [3.63, 3.8) is 0 Å². The minimum atomic E-state index is -1.13. The maximum Gasteiger partial charge on any atom is 0.267 e. The van der Waals surface area contributed by atoms with Gasteiger partial charge in [0.15, 0.2) is 5.16 Å². The van der Waals surface area contributed by atoms with Gasteiger partial charge in [0.2, 0.25) is 6.41 Å². The van der Waals surface area contributed by atoms with Gasteiger partial charge in [0.25, 0.3) is 5.91 Å². The summed E-state index contributed by atoms with van der Waals surface area (Å²) in [6.07, 6.45) is 2.50. The molecule has 0 aliphatic carbocycles. The number of thioether (sulfide) groups is 1. The summed E-state index contributed by atoms with van der Waals surface area (Å²) in [4.78, 5) is 20.9. The molecule has 1 amide bonds.